The van der Waals surface area contributed by atoms with Crippen LogP contribution in [0.5, 0.6) is 0 Å². The molecule has 0 saturated carbocycles. The Morgan fingerprint density at radius 1 is 1.36 bits per heavy atom. The SMILES string of the molecule is CCCN(CCC(C)(C)O)C1CNC1. The first-order valence-corrected chi connectivity index (χ1v) is 5.70. The second-order valence-corrected chi connectivity index (χ2v) is 4.91. The zero-order valence-corrected chi connectivity index (χ0v) is 9.71. The second-order valence-electron chi connectivity index (χ2n) is 4.91. The number of nitrogens with one attached hydrogen (secondary N) is 1. The largest absolute Gasteiger partial charge is 0.390 e. The van der Waals surface area contributed by atoms with Gasteiger partial charge in [-0.15, -0.1) is 0 Å². The average Bonchev–Trinajstić information content (AvgIpc) is 1.95. The Bertz CT molecular complexity index is 161. The van der Waals surface area contributed by atoms with Crippen LogP contribution >= 0.6 is 0 Å². The Morgan fingerprint density at radius 3 is 2.36 bits per heavy atom. The molecule has 1 aliphatic heterocycles. The molecule has 1 saturated heterocycles. The van der Waals surface area contributed by atoms with Crippen molar-refractivity contribution in [2.24, 2.45) is 0 Å². The molecule has 0 aliphatic carbocycles. The van der Waals surface area contributed by atoms with Crippen LogP contribution in [0.15, 0.2) is 0 Å². The highest BCUT2D eigenvalue weighted by Crippen LogP contribution is 2.12. The van der Waals surface area contributed by atoms with Gasteiger partial charge in [0.25, 0.3) is 0 Å². The molecule has 3 nitrogen and oxygen atoms in total. The van der Waals surface area contributed by atoms with E-state index in [1.54, 1.807) is 0 Å². The maximum Gasteiger partial charge on any atom is 0.0603 e. The van der Waals surface area contributed by atoms with Crippen molar-refractivity contribution in [3.8, 4) is 0 Å². The van der Waals surface area contributed by atoms with Crippen molar-refractivity contribution in [1.82, 2.24) is 10.2 Å². The van der Waals surface area contributed by atoms with E-state index < -0.39 is 5.60 Å². The summed E-state index contributed by atoms with van der Waals surface area (Å²) >= 11 is 0. The molecule has 0 amide bonds. The first kappa shape index (κ1) is 12.0. The van der Waals surface area contributed by atoms with Gasteiger partial charge < -0.3 is 10.4 Å². The molecule has 0 radical (unpaired) electrons. The highest BCUT2D eigenvalue weighted by Gasteiger charge is 2.25. The van der Waals surface area contributed by atoms with Gasteiger partial charge in [-0.05, 0) is 33.2 Å². The van der Waals surface area contributed by atoms with E-state index in [4.69, 9.17) is 0 Å². The quantitative estimate of drug-likeness (QED) is 0.667. The van der Waals surface area contributed by atoms with Gasteiger partial charge in [0.1, 0.15) is 0 Å². The Labute approximate surface area is 87.5 Å². The van der Waals surface area contributed by atoms with Crippen LogP contribution in [0.3, 0.4) is 0 Å². The fourth-order valence-corrected chi connectivity index (χ4v) is 1.71. The topological polar surface area (TPSA) is 35.5 Å². The molecule has 3 heteroatoms. The summed E-state index contributed by atoms with van der Waals surface area (Å²) in [4.78, 5) is 2.49. The van der Waals surface area contributed by atoms with Crippen LogP contribution in [-0.4, -0.2) is 47.8 Å². The molecule has 0 bridgehead atoms. The minimum atomic E-state index is -0.525. The Kier molecular flexibility index (Phi) is 4.35. The maximum atomic E-state index is 9.66. The molecular weight excluding hydrogens is 176 g/mol. The van der Waals surface area contributed by atoms with E-state index in [1.807, 2.05) is 13.8 Å². The maximum absolute atomic E-state index is 9.66. The van der Waals surface area contributed by atoms with Gasteiger partial charge in [-0.25, -0.2) is 0 Å². The van der Waals surface area contributed by atoms with E-state index in [0.717, 1.165) is 32.6 Å². The van der Waals surface area contributed by atoms with Gasteiger partial charge in [0.2, 0.25) is 0 Å². The molecule has 0 spiro atoms. The number of hydrogen-bond acceptors (Lipinski definition) is 3. The monoisotopic (exact) mass is 200 g/mol. The van der Waals surface area contributed by atoms with Gasteiger partial charge in [0.05, 0.1) is 5.60 Å². The van der Waals surface area contributed by atoms with E-state index in [9.17, 15) is 5.11 Å². The molecule has 0 aromatic heterocycles. The van der Waals surface area contributed by atoms with Gasteiger partial charge in [-0.3, -0.25) is 4.90 Å². The van der Waals surface area contributed by atoms with Gasteiger partial charge in [-0.1, -0.05) is 6.92 Å². The third-order valence-electron chi connectivity index (χ3n) is 2.80. The van der Waals surface area contributed by atoms with Crippen molar-refractivity contribution in [3.05, 3.63) is 0 Å². The molecule has 1 fully saturated rings. The van der Waals surface area contributed by atoms with E-state index in [2.05, 4.69) is 17.1 Å². The Morgan fingerprint density at radius 2 is 2.00 bits per heavy atom. The van der Waals surface area contributed by atoms with Crippen molar-refractivity contribution >= 4 is 0 Å². The molecule has 0 aromatic carbocycles. The summed E-state index contributed by atoms with van der Waals surface area (Å²) in [7, 11) is 0. The fraction of sp³-hybridized carbons (Fsp3) is 1.00. The van der Waals surface area contributed by atoms with Gasteiger partial charge in [0.15, 0.2) is 0 Å². The fourth-order valence-electron chi connectivity index (χ4n) is 1.71. The molecule has 2 N–H and O–H groups in total. The standard InChI is InChI=1S/C11H24N2O/c1-4-6-13(10-8-12-9-10)7-5-11(2,3)14/h10,12,14H,4-9H2,1-3H3. The first-order chi connectivity index (χ1) is 6.53. The van der Waals surface area contributed by atoms with Gasteiger partial charge in [0, 0.05) is 25.7 Å². The minimum Gasteiger partial charge on any atom is -0.390 e. The van der Waals surface area contributed by atoms with Crippen LogP contribution in [0, 0.1) is 0 Å². The normalized spacial score (nSPS) is 18.6. The summed E-state index contributed by atoms with van der Waals surface area (Å²) < 4.78 is 0. The lowest BCUT2D eigenvalue weighted by Crippen LogP contribution is -2.57. The highest BCUT2D eigenvalue weighted by atomic mass is 16.3. The summed E-state index contributed by atoms with van der Waals surface area (Å²) in [5.74, 6) is 0. The lowest BCUT2D eigenvalue weighted by Gasteiger charge is -2.39. The summed E-state index contributed by atoms with van der Waals surface area (Å²) in [6, 6.07) is 0.706. The Hall–Kier alpha value is -0.120. The van der Waals surface area contributed by atoms with Crippen LogP contribution in [0.1, 0.15) is 33.6 Å². The second kappa shape index (κ2) is 5.10. The number of hydrogen-bond donors (Lipinski definition) is 2. The summed E-state index contributed by atoms with van der Waals surface area (Å²) in [6.45, 7) is 10.4. The van der Waals surface area contributed by atoms with Crippen molar-refractivity contribution in [2.45, 2.75) is 45.3 Å². The number of aliphatic hydroxyl groups is 1. The molecule has 1 aliphatic rings. The van der Waals surface area contributed by atoms with E-state index in [-0.39, 0.29) is 0 Å². The zero-order valence-electron chi connectivity index (χ0n) is 9.71. The highest BCUT2D eigenvalue weighted by molar-refractivity contribution is 4.85. The molecule has 0 aromatic rings. The van der Waals surface area contributed by atoms with Crippen LogP contribution < -0.4 is 5.32 Å². The molecule has 1 heterocycles. The minimum absolute atomic E-state index is 0.525. The number of nitrogens with zero attached hydrogens (tertiary/aromatic N) is 1. The molecule has 1 rings (SSSR count). The van der Waals surface area contributed by atoms with Crippen molar-refractivity contribution in [1.29, 1.82) is 0 Å². The molecule has 14 heavy (non-hydrogen) atoms. The summed E-state index contributed by atoms with van der Waals surface area (Å²) in [5.41, 5.74) is -0.525. The smallest absolute Gasteiger partial charge is 0.0603 e. The van der Waals surface area contributed by atoms with E-state index >= 15 is 0 Å². The van der Waals surface area contributed by atoms with Crippen LogP contribution in [0.25, 0.3) is 0 Å². The van der Waals surface area contributed by atoms with Gasteiger partial charge in [-0.2, -0.15) is 0 Å². The van der Waals surface area contributed by atoms with Crippen LogP contribution in [-0.2, 0) is 0 Å². The van der Waals surface area contributed by atoms with Crippen LogP contribution in [0.4, 0.5) is 0 Å². The summed E-state index contributed by atoms with van der Waals surface area (Å²) in [5, 5.41) is 13.0. The van der Waals surface area contributed by atoms with Crippen molar-refractivity contribution in [2.75, 3.05) is 26.2 Å². The Balaban J connectivity index is 2.27. The average molecular weight is 200 g/mol. The third-order valence-corrected chi connectivity index (χ3v) is 2.80. The molecule has 84 valence electrons. The molecule has 0 atom stereocenters. The first-order valence-electron chi connectivity index (χ1n) is 5.70. The van der Waals surface area contributed by atoms with Crippen molar-refractivity contribution in [3.63, 3.8) is 0 Å². The van der Waals surface area contributed by atoms with E-state index in [1.165, 1.54) is 6.42 Å². The lowest BCUT2D eigenvalue weighted by molar-refractivity contribution is 0.0446. The predicted molar refractivity (Wildman–Crippen MR) is 59.4 cm³/mol. The summed E-state index contributed by atoms with van der Waals surface area (Å²) in [6.07, 6.45) is 2.06. The van der Waals surface area contributed by atoms with Crippen molar-refractivity contribution < 1.29 is 5.11 Å². The molecule has 0 unspecified atom stereocenters. The van der Waals surface area contributed by atoms with Crippen LogP contribution in [0.2, 0.25) is 0 Å². The molecular formula is C11H24N2O. The zero-order chi connectivity index (χ0) is 10.6. The third kappa shape index (κ3) is 3.95. The van der Waals surface area contributed by atoms with E-state index in [0.29, 0.717) is 6.04 Å². The lowest BCUT2D eigenvalue weighted by atomic mass is 10.0. The number of rotatable bonds is 6. The predicted octanol–water partition coefficient (Wildman–Crippen LogP) is 0.831. The van der Waals surface area contributed by atoms with Gasteiger partial charge >= 0.3 is 0 Å².